The fourth-order valence-corrected chi connectivity index (χ4v) is 4.19. The van der Waals surface area contributed by atoms with Gasteiger partial charge in [-0.25, -0.2) is 23.1 Å². The van der Waals surface area contributed by atoms with Crippen molar-refractivity contribution in [2.24, 2.45) is 0 Å². The molecule has 0 bridgehead atoms. The number of nitrogens with one attached hydrogen (secondary N) is 2. The van der Waals surface area contributed by atoms with Crippen LogP contribution in [-0.2, 0) is 10.0 Å². The van der Waals surface area contributed by atoms with E-state index >= 15 is 0 Å². The molecule has 2 N–H and O–H groups in total. The van der Waals surface area contributed by atoms with Crippen LogP contribution in [-0.4, -0.2) is 32.0 Å². The van der Waals surface area contributed by atoms with Gasteiger partial charge in [-0.2, -0.15) is 0 Å². The van der Waals surface area contributed by atoms with Gasteiger partial charge in [0.2, 0.25) is 10.0 Å². The zero-order valence-electron chi connectivity index (χ0n) is 11.5. The summed E-state index contributed by atoms with van der Waals surface area (Å²) < 4.78 is 28.0. The third-order valence-electron chi connectivity index (χ3n) is 2.80. The summed E-state index contributed by atoms with van der Waals surface area (Å²) in [4.78, 5) is 8.36. The molecule has 1 atom stereocenters. The zero-order valence-corrected chi connectivity index (χ0v) is 14.7. The maximum atomic E-state index is 12.4. The molecule has 1 unspecified atom stereocenters. The Hall–Kier alpha value is -1.03. The Bertz CT molecular complexity index is 704. The summed E-state index contributed by atoms with van der Waals surface area (Å²) in [5.74, 6) is 0.325. The maximum absolute atomic E-state index is 12.4. The fourth-order valence-electron chi connectivity index (χ4n) is 1.69. The number of nitrogens with zero attached hydrogens (tertiary/aromatic N) is 2. The van der Waals surface area contributed by atoms with Crippen LogP contribution in [0.5, 0.6) is 0 Å². The molecule has 2 heterocycles. The summed E-state index contributed by atoms with van der Waals surface area (Å²) in [7, 11) is -2.01. The van der Waals surface area contributed by atoms with Gasteiger partial charge in [-0.15, -0.1) is 11.3 Å². The van der Waals surface area contributed by atoms with Crippen LogP contribution in [0.1, 0.15) is 17.8 Å². The second kappa shape index (κ2) is 6.82. The first-order valence-electron chi connectivity index (χ1n) is 6.16. The quantitative estimate of drug-likeness (QED) is 0.790. The van der Waals surface area contributed by atoms with Gasteiger partial charge in [-0.3, -0.25) is 0 Å². The second-order valence-corrected chi connectivity index (χ2v) is 7.95. The van der Waals surface area contributed by atoms with E-state index in [1.54, 1.807) is 19.4 Å². The molecule has 114 valence electrons. The van der Waals surface area contributed by atoms with Crippen LogP contribution in [0.25, 0.3) is 0 Å². The molecule has 6 nitrogen and oxygen atoms in total. The Morgan fingerprint density at radius 3 is 2.81 bits per heavy atom. The lowest BCUT2D eigenvalue weighted by atomic mass is 10.2. The number of halogens is 1. The highest BCUT2D eigenvalue weighted by molar-refractivity contribution is 9.10. The predicted molar refractivity (Wildman–Crippen MR) is 87.2 cm³/mol. The van der Waals surface area contributed by atoms with E-state index in [1.165, 1.54) is 17.4 Å². The highest BCUT2D eigenvalue weighted by atomic mass is 79.9. The molecule has 2 aromatic rings. The van der Waals surface area contributed by atoms with Crippen molar-refractivity contribution >= 4 is 43.1 Å². The fraction of sp³-hybridized carbons (Fsp3) is 0.333. The van der Waals surface area contributed by atoms with Crippen molar-refractivity contribution in [3.8, 4) is 0 Å². The van der Waals surface area contributed by atoms with Gasteiger partial charge < -0.3 is 5.32 Å². The lowest BCUT2D eigenvalue weighted by molar-refractivity contribution is 0.574. The largest absolute Gasteiger partial charge is 0.372 e. The first kappa shape index (κ1) is 16.3. The molecule has 0 spiro atoms. The van der Waals surface area contributed by atoms with E-state index < -0.39 is 10.0 Å². The topological polar surface area (TPSA) is 84.0 Å². The normalized spacial score (nSPS) is 13.1. The highest BCUT2D eigenvalue weighted by Gasteiger charge is 2.21. The molecule has 0 amide bonds. The molecular weight excluding hydrogens is 376 g/mol. The predicted octanol–water partition coefficient (Wildman–Crippen LogP) is 2.42. The van der Waals surface area contributed by atoms with Crippen LogP contribution in [0, 0.1) is 0 Å². The van der Waals surface area contributed by atoms with Crippen molar-refractivity contribution in [2.45, 2.75) is 17.7 Å². The molecule has 9 heteroatoms. The van der Waals surface area contributed by atoms with E-state index in [9.17, 15) is 8.42 Å². The van der Waals surface area contributed by atoms with Gasteiger partial charge >= 0.3 is 0 Å². The van der Waals surface area contributed by atoms with Crippen LogP contribution >= 0.6 is 27.3 Å². The van der Waals surface area contributed by atoms with E-state index in [2.05, 4.69) is 35.9 Å². The summed E-state index contributed by atoms with van der Waals surface area (Å²) in [5, 5.41) is 5.56. The molecule has 0 radical (unpaired) electrons. The highest BCUT2D eigenvalue weighted by Crippen LogP contribution is 2.23. The Labute approximate surface area is 136 Å². The number of thiazole rings is 1. The molecular formula is C12H15BrN4O2S2. The summed E-state index contributed by atoms with van der Waals surface area (Å²) in [6.45, 7) is 2.21. The molecule has 21 heavy (non-hydrogen) atoms. The van der Waals surface area contributed by atoms with Crippen molar-refractivity contribution < 1.29 is 8.42 Å². The molecule has 0 aliphatic carbocycles. The third kappa shape index (κ3) is 4.00. The Morgan fingerprint density at radius 1 is 1.43 bits per heavy atom. The number of hydrogen-bond donors (Lipinski definition) is 2. The van der Waals surface area contributed by atoms with Gasteiger partial charge in [-0.05, 0) is 22.0 Å². The minimum atomic E-state index is -3.64. The smallest absolute Gasteiger partial charge is 0.244 e. The van der Waals surface area contributed by atoms with Gasteiger partial charge in [0.15, 0.2) is 0 Å². The molecule has 0 saturated heterocycles. The minimum absolute atomic E-state index is 0.0120. The Balaban J connectivity index is 2.17. The Morgan fingerprint density at radius 2 is 2.19 bits per heavy atom. The summed E-state index contributed by atoms with van der Waals surface area (Å²) >= 11 is 4.75. The number of rotatable bonds is 6. The van der Waals surface area contributed by atoms with Gasteiger partial charge in [-0.1, -0.05) is 6.92 Å². The van der Waals surface area contributed by atoms with Gasteiger partial charge in [0, 0.05) is 41.8 Å². The average Bonchev–Trinajstić information content (AvgIpc) is 2.99. The molecule has 2 rings (SSSR count). The molecule has 2 aromatic heterocycles. The summed E-state index contributed by atoms with van der Waals surface area (Å²) in [6.07, 6.45) is 3.26. The first-order chi connectivity index (χ1) is 9.94. The molecule has 0 aliphatic rings. The van der Waals surface area contributed by atoms with Gasteiger partial charge in [0.05, 0.1) is 5.01 Å². The molecule has 0 aromatic carbocycles. The number of aromatic nitrogens is 2. The average molecular weight is 391 g/mol. The lowest BCUT2D eigenvalue weighted by Gasteiger charge is -2.13. The third-order valence-corrected chi connectivity index (χ3v) is 5.68. The number of hydrogen-bond acceptors (Lipinski definition) is 6. The number of sulfonamides is 1. The second-order valence-electron chi connectivity index (χ2n) is 4.37. The minimum Gasteiger partial charge on any atom is -0.372 e. The van der Waals surface area contributed by atoms with Crippen LogP contribution in [0.4, 0.5) is 5.82 Å². The molecule has 0 fully saturated rings. The maximum Gasteiger partial charge on any atom is 0.244 e. The van der Waals surface area contributed by atoms with Crippen molar-refractivity contribution in [2.75, 3.05) is 18.9 Å². The first-order valence-corrected chi connectivity index (χ1v) is 9.32. The summed E-state index contributed by atoms with van der Waals surface area (Å²) in [5.41, 5.74) is 0. The zero-order chi connectivity index (χ0) is 15.5. The lowest BCUT2D eigenvalue weighted by Crippen LogP contribution is -2.28. The monoisotopic (exact) mass is 390 g/mol. The van der Waals surface area contributed by atoms with Crippen molar-refractivity contribution in [3.63, 3.8) is 0 Å². The van der Waals surface area contributed by atoms with E-state index in [0.717, 1.165) is 5.01 Å². The van der Waals surface area contributed by atoms with E-state index in [4.69, 9.17) is 0 Å². The number of anilines is 1. The molecule has 0 saturated carbocycles. The van der Waals surface area contributed by atoms with Crippen LogP contribution in [0.2, 0.25) is 0 Å². The standard InChI is InChI=1S/C12H15BrN4O2S2/c1-8(12-15-3-4-20-12)6-17-21(18,19)10-5-9(13)7-16-11(10)14-2/h3-5,7-8,17H,6H2,1-2H3,(H,14,16). The van der Waals surface area contributed by atoms with Crippen LogP contribution in [0.3, 0.4) is 0 Å². The summed E-state index contributed by atoms with van der Waals surface area (Å²) in [6, 6.07) is 1.52. The van der Waals surface area contributed by atoms with Gasteiger partial charge in [0.1, 0.15) is 10.7 Å². The van der Waals surface area contributed by atoms with E-state index in [-0.39, 0.29) is 17.4 Å². The van der Waals surface area contributed by atoms with E-state index in [1.807, 2.05) is 12.3 Å². The van der Waals surface area contributed by atoms with Gasteiger partial charge in [0.25, 0.3) is 0 Å². The van der Waals surface area contributed by atoms with Crippen LogP contribution in [0.15, 0.2) is 33.2 Å². The van der Waals surface area contributed by atoms with Crippen molar-refractivity contribution in [3.05, 3.63) is 33.3 Å². The van der Waals surface area contributed by atoms with Crippen molar-refractivity contribution in [1.82, 2.24) is 14.7 Å². The SMILES string of the molecule is CNc1ncc(Br)cc1S(=O)(=O)NCC(C)c1nccs1. The van der Waals surface area contributed by atoms with Crippen molar-refractivity contribution in [1.29, 1.82) is 0 Å². The van der Waals surface area contributed by atoms with E-state index in [0.29, 0.717) is 10.3 Å². The van der Waals surface area contributed by atoms with Crippen LogP contribution < -0.4 is 10.0 Å². The Kier molecular flexibility index (Phi) is 5.31. The number of pyridine rings is 1. The molecule has 0 aliphatic heterocycles.